The van der Waals surface area contributed by atoms with E-state index in [1.165, 1.54) is 6.33 Å². The summed E-state index contributed by atoms with van der Waals surface area (Å²) in [7, 11) is 0. The molecule has 0 radical (unpaired) electrons. The van der Waals surface area contributed by atoms with Crippen molar-refractivity contribution in [3.05, 3.63) is 42.2 Å². The van der Waals surface area contributed by atoms with Crippen molar-refractivity contribution in [2.24, 2.45) is 5.92 Å². The fourth-order valence-electron chi connectivity index (χ4n) is 4.38. The molecule has 31 heavy (non-hydrogen) atoms. The van der Waals surface area contributed by atoms with Crippen LogP contribution in [0.15, 0.2) is 30.6 Å². The number of piperazine rings is 1. The van der Waals surface area contributed by atoms with Crippen LogP contribution in [0.1, 0.15) is 19.3 Å². The third kappa shape index (κ3) is 3.52. The summed E-state index contributed by atoms with van der Waals surface area (Å²) in [5, 5.41) is 6.37. The van der Waals surface area contributed by atoms with Gasteiger partial charge >= 0.3 is 0 Å². The Morgan fingerprint density at radius 2 is 2.06 bits per heavy atom. The second kappa shape index (κ2) is 7.26. The van der Waals surface area contributed by atoms with Crippen molar-refractivity contribution in [3.8, 4) is 5.75 Å². The van der Waals surface area contributed by atoms with Crippen molar-refractivity contribution in [3.63, 3.8) is 0 Å². The molecule has 2 aromatic heterocycles. The van der Waals surface area contributed by atoms with Crippen LogP contribution in [0.25, 0.3) is 11.0 Å². The number of ether oxygens (including phenoxy) is 1. The van der Waals surface area contributed by atoms with E-state index in [9.17, 15) is 8.78 Å². The van der Waals surface area contributed by atoms with Crippen LogP contribution in [0.3, 0.4) is 0 Å². The minimum absolute atomic E-state index is 0.0205. The van der Waals surface area contributed by atoms with Gasteiger partial charge in [-0.05, 0) is 37.3 Å². The molecule has 2 atom stereocenters. The van der Waals surface area contributed by atoms with Crippen LogP contribution >= 0.6 is 0 Å². The molecule has 3 aromatic rings. The predicted octanol–water partition coefficient (Wildman–Crippen LogP) is 3.39. The van der Waals surface area contributed by atoms with Gasteiger partial charge in [-0.15, -0.1) is 0 Å². The van der Waals surface area contributed by atoms with E-state index in [0.29, 0.717) is 41.5 Å². The van der Waals surface area contributed by atoms with E-state index in [1.54, 1.807) is 0 Å². The van der Waals surface area contributed by atoms with E-state index in [4.69, 9.17) is 9.72 Å². The zero-order chi connectivity index (χ0) is 20.9. The first-order valence-corrected chi connectivity index (χ1v) is 10.6. The number of rotatable bonds is 6. The molecule has 0 amide bonds. The Labute approximate surface area is 177 Å². The summed E-state index contributed by atoms with van der Waals surface area (Å²) in [6, 6.07) is 6.92. The van der Waals surface area contributed by atoms with Gasteiger partial charge in [-0.1, -0.05) is 0 Å². The predicted molar refractivity (Wildman–Crippen MR) is 113 cm³/mol. The topological polar surface area (TPSA) is 75.2 Å². The summed E-state index contributed by atoms with van der Waals surface area (Å²) in [5.41, 5.74) is 1.13. The highest BCUT2D eigenvalue weighted by Crippen LogP contribution is 2.33. The molecule has 4 heterocycles. The molecule has 2 saturated heterocycles. The number of nitrogens with zero attached hydrogens (tertiary/aromatic N) is 4. The third-order valence-electron chi connectivity index (χ3n) is 6.26. The van der Waals surface area contributed by atoms with E-state index >= 15 is 0 Å². The van der Waals surface area contributed by atoms with Gasteiger partial charge in [-0.25, -0.2) is 23.7 Å². The number of aromatic nitrogens is 3. The van der Waals surface area contributed by atoms with Gasteiger partial charge in [0, 0.05) is 37.3 Å². The summed E-state index contributed by atoms with van der Waals surface area (Å²) >= 11 is 0. The molecular weight excluding hydrogens is 402 g/mol. The highest BCUT2D eigenvalue weighted by atomic mass is 19.1. The van der Waals surface area contributed by atoms with Gasteiger partial charge in [0.15, 0.2) is 23.2 Å². The van der Waals surface area contributed by atoms with E-state index in [-0.39, 0.29) is 11.4 Å². The molecule has 6 rings (SSSR count). The van der Waals surface area contributed by atoms with Crippen LogP contribution < -0.4 is 20.3 Å². The van der Waals surface area contributed by atoms with Gasteiger partial charge in [-0.2, -0.15) is 0 Å². The van der Waals surface area contributed by atoms with Crippen LogP contribution in [0.5, 0.6) is 5.75 Å². The zero-order valence-corrected chi connectivity index (χ0v) is 16.8. The Kier molecular flexibility index (Phi) is 4.38. The van der Waals surface area contributed by atoms with Gasteiger partial charge in [0.05, 0.1) is 17.8 Å². The number of benzene rings is 1. The van der Waals surface area contributed by atoms with Gasteiger partial charge in [0.2, 0.25) is 0 Å². The smallest absolute Gasteiger partial charge is 0.167 e. The second-order valence-corrected chi connectivity index (χ2v) is 8.55. The average molecular weight is 424 g/mol. The third-order valence-corrected chi connectivity index (χ3v) is 6.26. The Hall–Kier alpha value is -3.07. The standard InChI is InChI=1S/C22H22F2N6O/c23-15-7-19(31-10-12-1-2-12)16(24)6-18(15)28-22-21-17(26-11-27-22)3-4-20(29-21)30-9-13-5-14(30)8-25-13/h3-4,6-7,11-14,25H,1-2,5,8-10H2,(H,26,27,28)/t13-,14-/m0/s1. The lowest BCUT2D eigenvalue weighted by Crippen LogP contribution is -2.44. The molecule has 1 saturated carbocycles. The lowest BCUT2D eigenvalue weighted by molar-refractivity contribution is 0.284. The second-order valence-electron chi connectivity index (χ2n) is 8.55. The Balaban J connectivity index is 1.30. The maximum atomic E-state index is 14.7. The number of halogens is 2. The number of anilines is 3. The van der Waals surface area contributed by atoms with Crippen molar-refractivity contribution < 1.29 is 13.5 Å². The highest BCUT2D eigenvalue weighted by Gasteiger charge is 2.38. The monoisotopic (exact) mass is 424 g/mol. The molecule has 160 valence electrons. The Morgan fingerprint density at radius 1 is 1.16 bits per heavy atom. The molecule has 0 unspecified atom stereocenters. The van der Waals surface area contributed by atoms with Crippen molar-refractivity contribution in [1.29, 1.82) is 0 Å². The summed E-state index contributed by atoms with van der Waals surface area (Å²) in [6.45, 7) is 2.27. The molecule has 3 fully saturated rings. The first-order chi connectivity index (χ1) is 15.1. The molecule has 2 aliphatic heterocycles. The molecule has 7 nitrogen and oxygen atoms in total. The van der Waals surface area contributed by atoms with Crippen molar-refractivity contribution >= 4 is 28.4 Å². The first kappa shape index (κ1) is 18.7. The maximum Gasteiger partial charge on any atom is 0.167 e. The normalized spacial score (nSPS) is 22.3. The fourth-order valence-corrected chi connectivity index (χ4v) is 4.38. The molecular formula is C22H22F2N6O. The first-order valence-electron chi connectivity index (χ1n) is 10.6. The molecule has 1 aromatic carbocycles. The molecule has 2 bridgehead atoms. The molecule has 0 spiro atoms. The van der Waals surface area contributed by atoms with Gasteiger partial charge in [-0.3, -0.25) is 0 Å². The van der Waals surface area contributed by atoms with E-state index < -0.39 is 11.6 Å². The van der Waals surface area contributed by atoms with Crippen LogP contribution in [-0.2, 0) is 0 Å². The lowest BCUT2D eigenvalue weighted by atomic mass is 10.2. The van der Waals surface area contributed by atoms with Gasteiger partial charge in [0.1, 0.15) is 17.7 Å². The molecule has 2 N–H and O–H groups in total. The number of fused-ring (bicyclic) bond motifs is 3. The average Bonchev–Trinajstić information content (AvgIpc) is 3.36. The van der Waals surface area contributed by atoms with Crippen molar-refractivity contribution in [2.45, 2.75) is 31.3 Å². The fraction of sp³-hybridized carbons (Fsp3) is 0.409. The SMILES string of the molecule is Fc1cc(OCC2CC2)c(F)cc1Nc1ncnc2ccc(N3C[C@@H]4C[C@H]3CN4)nc12. The van der Waals surface area contributed by atoms with Crippen LogP contribution in [0, 0.1) is 17.6 Å². The van der Waals surface area contributed by atoms with E-state index in [2.05, 4.69) is 25.5 Å². The maximum absolute atomic E-state index is 14.7. The molecule has 3 aliphatic rings. The summed E-state index contributed by atoms with van der Waals surface area (Å²) in [6.07, 6.45) is 4.65. The van der Waals surface area contributed by atoms with Gasteiger partial charge in [0.25, 0.3) is 0 Å². The number of nitrogens with one attached hydrogen (secondary N) is 2. The lowest BCUT2D eigenvalue weighted by Gasteiger charge is -2.28. The largest absolute Gasteiger partial charge is 0.490 e. The zero-order valence-electron chi connectivity index (χ0n) is 16.8. The highest BCUT2D eigenvalue weighted by molar-refractivity contribution is 5.88. The van der Waals surface area contributed by atoms with Crippen LogP contribution in [0.2, 0.25) is 0 Å². The number of hydrogen-bond donors (Lipinski definition) is 2. The van der Waals surface area contributed by atoms with Crippen molar-refractivity contribution in [1.82, 2.24) is 20.3 Å². The summed E-state index contributed by atoms with van der Waals surface area (Å²) < 4.78 is 34.6. The Bertz CT molecular complexity index is 1150. The van der Waals surface area contributed by atoms with E-state index in [0.717, 1.165) is 50.3 Å². The van der Waals surface area contributed by atoms with Crippen molar-refractivity contribution in [2.75, 3.05) is 29.9 Å². The molecule has 9 heteroatoms. The van der Waals surface area contributed by atoms with Crippen LogP contribution in [-0.4, -0.2) is 46.7 Å². The van der Waals surface area contributed by atoms with Crippen LogP contribution in [0.4, 0.5) is 26.1 Å². The number of pyridine rings is 1. The quantitative estimate of drug-likeness (QED) is 0.628. The summed E-state index contributed by atoms with van der Waals surface area (Å²) in [5.74, 6) is 0.333. The summed E-state index contributed by atoms with van der Waals surface area (Å²) in [4.78, 5) is 15.6. The number of hydrogen-bond acceptors (Lipinski definition) is 7. The minimum Gasteiger partial charge on any atom is -0.490 e. The van der Waals surface area contributed by atoms with Gasteiger partial charge < -0.3 is 20.3 Å². The molecule has 1 aliphatic carbocycles. The Morgan fingerprint density at radius 3 is 2.84 bits per heavy atom. The van der Waals surface area contributed by atoms with E-state index in [1.807, 2.05) is 12.1 Å². The minimum atomic E-state index is -0.614.